The number of fused-ring (bicyclic) bond motifs is 1. The van der Waals surface area contributed by atoms with Crippen molar-refractivity contribution in [1.29, 1.82) is 0 Å². The van der Waals surface area contributed by atoms with Gasteiger partial charge in [-0.15, -0.1) is 23.1 Å². The molecule has 0 saturated carbocycles. The number of amides is 2. The number of nitrogens with one attached hydrogen (secondary N) is 1. The predicted octanol–water partition coefficient (Wildman–Crippen LogP) is -4.51. The summed E-state index contributed by atoms with van der Waals surface area (Å²) in [7, 11) is -2.54. The van der Waals surface area contributed by atoms with Gasteiger partial charge in [-0.25, -0.2) is 13.4 Å². The molecule has 3 N–H and O–H groups in total. The minimum atomic E-state index is -3.77. The molecule has 2 aliphatic rings. The van der Waals surface area contributed by atoms with Crippen LogP contribution < -0.4 is 45.7 Å². The molecule has 0 aromatic carbocycles. The number of carboxylic acids is 1. The predicted molar refractivity (Wildman–Crippen MR) is 129 cm³/mol. The summed E-state index contributed by atoms with van der Waals surface area (Å²) < 4.78 is 25.4. The van der Waals surface area contributed by atoms with Crippen molar-refractivity contribution in [3.05, 3.63) is 52.4 Å². The summed E-state index contributed by atoms with van der Waals surface area (Å²) in [6, 6.07) is 2.11. The van der Waals surface area contributed by atoms with E-state index in [0.717, 1.165) is 28.0 Å². The van der Waals surface area contributed by atoms with Gasteiger partial charge >= 0.3 is 29.6 Å². The Labute approximate surface area is 241 Å². The van der Waals surface area contributed by atoms with Gasteiger partial charge in [0.15, 0.2) is 20.7 Å². The summed E-state index contributed by atoms with van der Waals surface area (Å²) in [6.45, 7) is 0. The quantitative estimate of drug-likeness (QED) is 0.127. The van der Waals surface area contributed by atoms with Gasteiger partial charge in [0.05, 0.1) is 23.2 Å². The molecule has 2 atom stereocenters. The third-order valence-electron chi connectivity index (χ3n) is 5.19. The monoisotopic (exact) mass is 574 g/mol. The maximum atomic E-state index is 12.9. The van der Waals surface area contributed by atoms with Crippen LogP contribution in [0, 0.1) is 0 Å². The summed E-state index contributed by atoms with van der Waals surface area (Å²) in [6.07, 6.45) is 2.91. The van der Waals surface area contributed by atoms with Crippen molar-refractivity contribution < 1.29 is 62.3 Å². The molecule has 2 aromatic rings. The Morgan fingerprint density at radius 2 is 2.14 bits per heavy atom. The third-order valence-corrected chi connectivity index (χ3v) is 8.77. The maximum absolute atomic E-state index is 12.9. The van der Waals surface area contributed by atoms with E-state index in [1.807, 2.05) is 0 Å². The molecule has 1 saturated heterocycles. The Morgan fingerprint density at radius 1 is 1.38 bits per heavy atom. The van der Waals surface area contributed by atoms with Crippen molar-refractivity contribution in [3.63, 3.8) is 0 Å². The molecular weight excluding hydrogens is 555 g/mol. The average Bonchev–Trinajstić information content (AvgIpc) is 3.26. The number of nitrogen functional groups attached to an aromatic ring is 1. The minimum absolute atomic E-state index is 0. The topological polar surface area (TPSA) is 197 Å². The molecule has 1 fully saturated rings. The van der Waals surface area contributed by atoms with Gasteiger partial charge in [-0.05, 0) is 17.2 Å². The first-order valence-corrected chi connectivity index (χ1v) is 14.0. The fraction of sp³-hybridized carbons (Fsp3) is 0.300. The van der Waals surface area contributed by atoms with Gasteiger partial charge < -0.3 is 25.8 Å². The molecule has 4 heterocycles. The van der Waals surface area contributed by atoms with Crippen LogP contribution in [-0.4, -0.2) is 76.8 Å². The van der Waals surface area contributed by atoms with Crippen molar-refractivity contribution in [2.45, 2.75) is 17.2 Å². The normalized spacial score (nSPS) is 19.4. The largest absolute Gasteiger partial charge is 1.00 e. The van der Waals surface area contributed by atoms with Crippen molar-refractivity contribution in [1.82, 2.24) is 20.2 Å². The molecule has 0 spiro atoms. The number of β-lactam (4-membered cyclic amide) rings is 1. The molecule has 4 rings (SSSR count). The number of pyridine rings is 1. The number of aliphatic carboxylic acids is 1. The molecule has 190 valence electrons. The van der Waals surface area contributed by atoms with Crippen LogP contribution in [0.15, 0.2) is 46.3 Å². The number of nitrogens with two attached hydrogens (primary N) is 1. The number of nitrogens with zero attached hydrogens (tertiary/aromatic N) is 4. The second-order valence-corrected chi connectivity index (χ2v) is 11.7. The molecule has 13 nitrogen and oxygen atoms in total. The van der Waals surface area contributed by atoms with Crippen LogP contribution in [-0.2, 0) is 34.8 Å². The second-order valence-electron chi connectivity index (χ2n) is 7.69. The summed E-state index contributed by atoms with van der Waals surface area (Å²) >= 11 is 2.21. The molecule has 0 aliphatic carbocycles. The van der Waals surface area contributed by atoms with E-state index in [-0.39, 0.29) is 63.2 Å². The fourth-order valence-electron chi connectivity index (χ4n) is 3.74. The number of hydrogen-bond acceptors (Lipinski definition) is 13. The van der Waals surface area contributed by atoms with Crippen LogP contribution in [0.2, 0.25) is 0 Å². The van der Waals surface area contributed by atoms with Gasteiger partial charge in [-0.1, -0.05) is 11.2 Å². The van der Waals surface area contributed by atoms with Crippen LogP contribution in [0.25, 0.3) is 0 Å². The van der Waals surface area contributed by atoms with E-state index in [2.05, 4.69) is 20.4 Å². The van der Waals surface area contributed by atoms with Gasteiger partial charge in [0.25, 0.3) is 11.8 Å². The molecule has 0 bridgehead atoms. The van der Waals surface area contributed by atoms with E-state index < -0.39 is 50.5 Å². The number of carboxylic acid groups (broad SMARTS) is 1. The van der Waals surface area contributed by atoms with E-state index in [0.29, 0.717) is 5.56 Å². The first-order chi connectivity index (χ1) is 17.1. The molecule has 37 heavy (non-hydrogen) atoms. The van der Waals surface area contributed by atoms with E-state index in [4.69, 9.17) is 10.6 Å². The van der Waals surface area contributed by atoms with Crippen molar-refractivity contribution >= 4 is 61.6 Å². The van der Waals surface area contributed by atoms with Crippen molar-refractivity contribution in [2.24, 2.45) is 5.16 Å². The number of thiazole rings is 1. The standard InChI is InChI=1S/C20H20N6O7S3.Na/c1-33-25-13(12-7-35-20(21)23-12)16(27)24-14-17(28)26-15(19(29)30)11(6-34-18(14)26)9-36(31,32)8-10-3-2-4-22-5-10;/h2-5,7,14,18H,6,8-9H2,1H3,(H2,21,23)(H,24,27)(H,29,30);/q;+1/p-1/b25-13-;/t14?,18-;/m1./s1. The summed E-state index contributed by atoms with van der Waals surface area (Å²) in [5.41, 5.74) is 5.53. The number of carbonyl (C=O) groups excluding carboxylic acids is 3. The van der Waals surface area contributed by atoms with Crippen LogP contribution in [0.3, 0.4) is 0 Å². The molecule has 2 amide bonds. The van der Waals surface area contributed by atoms with Gasteiger partial charge in [-0.3, -0.25) is 19.5 Å². The van der Waals surface area contributed by atoms with E-state index in [1.165, 1.54) is 24.9 Å². The Morgan fingerprint density at radius 3 is 2.73 bits per heavy atom. The first-order valence-electron chi connectivity index (χ1n) is 10.2. The molecular formula is C20H19N6NaO7S3. The number of oxime groups is 1. The Balaban J connectivity index is 0.00000380. The molecule has 0 radical (unpaired) electrons. The van der Waals surface area contributed by atoms with E-state index >= 15 is 0 Å². The molecule has 2 aliphatic heterocycles. The number of hydrogen-bond donors (Lipinski definition) is 2. The Hall–Kier alpha value is -2.50. The number of anilines is 1. The number of sulfone groups is 1. The zero-order chi connectivity index (χ0) is 26.0. The van der Waals surface area contributed by atoms with Crippen molar-refractivity contribution in [2.75, 3.05) is 24.3 Å². The van der Waals surface area contributed by atoms with Gasteiger partial charge in [-0.2, -0.15) is 0 Å². The number of thioether (sulfide) groups is 1. The molecule has 2 aromatic heterocycles. The van der Waals surface area contributed by atoms with E-state index in [1.54, 1.807) is 12.1 Å². The number of rotatable bonds is 9. The molecule has 17 heteroatoms. The van der Waals surface area contributed by atoms with Gasteiger partial charge in [0, 0.05) is 23.5 Å². The van der Waals surface area contributed by atoms with Crippen molar-refractivity contribution in [3.8, 4) is 0 Å². The first kappa shape index (κ1) is 29.1. The van der Waals surface area contributed by atoms with Gasteiger partial charge in [0.1, 0.15) is 24.2 Å². The zero-order valence-electron chi connectivity index (χ0n) is 19.6. The minimum Gasteiger partial charge on any atom is -0.543 e. The SMILES string of the molecule is CO/N=C(\C(=O)NC1C(=O)N2C(C(=O)[O-])=C(CS(=O)(=O)Cc3cccnc3)CS[C@H]12)c1csc(N)n1.[Na+]. The second kappa shape index (κ2) is 11.9. The number of carbonyl (C=O) groups is 3. The Kier molecular flexibility index (Phi) is 9.36. The van der Waals surface area contributed by atoms with Crippen LogP contribution in [0.1, 0.15) is 11.3 Å². The van der Waals surface area contributed by atoms with Crippen LogP contribution >= 0.6 is 23.1 Å². The smallest absolute Gasteiger partial charge is 0.543 e. The zero-order valence-corrected chi connectivity index (χ0v) is 24.1. The molecule has 1 unspecified atom stereocenters. The van der Waals surface area contributed by atoms with Gasteiger partial charge in [0.2, 0.25) is 0 Å². The van der Waals surface area contributed by atoms with Crippen LogP contribution in [0.5, 0.6) is 0 Å². The summed E-state index contributed by atoms with van der Waals surface area (Å²) in [5, 5.41) is 19.0. The van der Waals surface area contributed by atoms with Crippen LogP contribution in [0.4, 0.5) is 5.13 Å². The average molecular weight is 575 g/mol. The van der Waals surface area contributed by atoms with E-state index in [9.17, 15) is 27.9 Å². The third kappa shape index (κ3) is 6.32. The Bertz CT molecular complexity index is 1380. The fourth-order valence-corrected chi connectivity index (χ4v) is 7.31. The summed E-state index contributed by atoms with van der Waals surface area (Å²) in [4.78, 5) is 51.1. The summed E-state index contributed by atoms with van der Waals surface area (Å²) in [5.74, 6) is -4.07. The number of aromatic nitrogens is 2. The maximum Gasteiger partial charge on any atom is 1.00 e.